The predicted octanol–water partition coefficient (Wildman–Crippen LogP) is 5.71. The Balaban J connectivity index is 1.77. The summed E-state index contributed by atoms with van der Waals surface area (Å²) in [6.45, 7) is 2.36. The fraction of sp³-hybridized carbons (Fsp3) is 0.160. The van der Waals surface area contributed by atoms with Gasteiger partial charge in [0.05, 0.1) is 13.2 Å². The van der Waals surface area contributed by atoms with Crippen molar-refractivity contribution >= 4 is 23.1 Å². The summed E-state index contributed by atoms with van der Waals surface area (Å²) < 4.78 is 5.22. The van der Waals surface area contributed by atoms with Gasteiger partial charge in [0.15, 0.2) is 5.76 Å². The summed E-state index contributed by atoms with van der Waals surface area (Å²) in [7, 11) is 1.62. The van der Waals surface area contributed by atoms with Gasteiger partial charge < -0.3 is 14.7 Å². The molecule has 4 rings (SSSR count). The zero-order chi connectivity index (χ0) is 21.3. The number of rotatable bonds is 5. The number of aliphatic hydroxyl groups is 1. The van der Waals surface area contributed by atoms with E-state index < -0.39 is 6.04 Å². The highest BCUT2D eigenvalue weighted by Crippen LogP contribution is 2.44. The van der Waals surface area contributed by atoms with E-state index in [9.17, 15) is 9.90 Å². The third kappa shape index (κ3) is 3.79. The monoisotopic (exact) mass is 419 g/mol. The molecule has 1 aliphatic heterocycles. The Morgan fingerprint density at radius 3 is 2.20 bits per heavy atom. The molecule has 0 spiro atoms. The lowest BCUT2D eigenvalue weighted by Gasteiger charge is -2.27. The summed E-state index contributed by atoms with van der Waals surface area (Å²) in [5.74, 6) is 0.149. The van der Waals surface area contributed by atoms with Gasteiger partial charge in [-0.05, 0) is 47.9 Å². The topological polar surface area (TPSA) is 49.8 Å². The second kappa shape index (κ2) is 8.25. The molecule has 1 amide bonds. The summed E-state index contributed by atoms with van der Waals surface area (Å²) in [5.41, 5.74) is 4.38. The summed E-state index contributed by atoms with van der Waals surface area (Å²) in [6.07, 6.45) is 0. The van der Waals surface area contributed by atoms with Crippen LogP contribution in [0.25, 0.3) is 5.57 Å². The molecule has 1 N–H and O–H groups in total. The lowest BCUT2D eigenvalue weighted by Crippen LogP contribution is -2.29. The first kappa shape index (κ1) is 20.0. The van der Waals surface area contributed by atoms with Gasteiger partial charge in [-0.15, -0.1) is 0 Å². The molecule has 3 aromatic rings. The van der Waals surface area contributed by atoms with Gasteiger partial charge in [0.1, 0.15) is 5.75 Å². The zero-order valence-electron chi connectivity index (χ0n) is 16.8. The molecular weight excluding hydrogens is 398 g/mol. The highest BCUT2D eigenvalue weighted by molar-refractivity contribution is 6.30. The van der Waals surface area contributed by atoms with Gasteiger partial charge >= 0.3 is 0 Å². The lowest BCUT2D eigenvalue weighted by molar-refractivity contribution is -0.130. The fourth-order valence-electron chi connectivity index (χ4n) is 3.76. The van der Waals surface area contributed by atoms with Crippen molar-refractivity contribution in [3.63, 3.8) is 0 Å². The number of amides is 1. The molecule has 5 heteroatoms. The number of aliphatic hydroxyl groups excluding tert-OH is 1. The molecule has 0 aromatic heterocycles. The van der Waals surface area contributed by atoms with Gasteiger partial charge in [-0.2, -0.15) is 0 Å². The van der Waals surface area contributed by atoms with E-state index in [1.807, 2.05) is 67.6 Å². The minimum atomic E-state index is -0.417. The molecule has 1 aliphatic rings. The zero-order valence-corrected chi connectivity index (χ0v) is 17.6. The third-order valence-corrected chi connectivity index (χ3v) is 5.62. The van der Waals surface area contributed by atoms with Crippen molar-refractivity contribution in [2.75, 3.05) is 7.11 Å². The van der Waals surface area contributed by atoms with E-state index in [-0.39, 0.29) is 11.7 Å². The minimum Gasteiger partial charge on any atom is -0.503 e. The number of hydrogen-bond acceptors (Lipinski definition) is 3. The molecule has 0 bridgehead atoms. The van der Waals surface area contributed by atoms with E-state index in [4.69, 9.17) is 16.3 Å². The maximum atomic E-state index is 13.1. The van der Waals surface area contributed by atoms with Crippen molar-refractivity contribution in [2.45, 2.75) is 19.5 Å². The van der Waals surface area contributed by atoms with E-state index in [1.165, 1.54) is 0 Å². The smallest absolute Gasteiger partial charge is 0.290 e. The van der Waals surface area contributed by atoms with Gasteiger partial charge in [0, 0.05) is 17.1 Å². The van der Waals surface area contributed by atoms with Crippen LogP contribution >= 0.6 is 11.6 Å². The van der Waals surface area contributed by atoms with E-state index >= 15 is 0 Å². The highest BCUT2D eigenvalue weighted by Gasteiger charge is 2.40. The van der Waals surface area contributed by atoms with Crippen LogP contribution in [-0.2, 0) is 11.3 Å². The number of aryl methyl sites for hydroxylation is 1. The molecule has 3 aromatic carbocycles. The molecule has 1 atom stereocenters. The molecule has 0 aliphatic carbocycles. The van der Waals surface area contributed by atoms with Gasteiger partial charge in [0.25, 0.3) is 5.91 Å². The van der Waals surface area contributed by atoms with Gasteiger partial charge in [0.2, 0.25) is 0 Å². The number of ether oxygens (including phenoxy) is 1. The number of halogens is 1. The molecule has 0 saturated heterocycles. The standard InChI is InChI=1S/C25H22ClNO3/c1-16-3-7-18(8-4-16)22-23(19-9-11-20(26)12-10-19)27(25(29)24(22)28)15-17-5-13-21(30-2)14-6-17/h3-14,23,28H,15H2,1-2H3/t23-/m0/s1. The SMILES string of the molecule is COc1ccc(CN2C(=O)C(O)=C(c3ccc(C)cc3)[C@@H]2c2ccc(Cl)cc2)cc1. The first-order valence-corrected chi connectivity index (χ1v) is 10.1. The summed E-state index contributed by atoms with van der Waals surface area (Å²) in [4.78, 5) is 14.8. The molecule has 0 fully saturated rings. The van der Waals surface area contributed by atoms with Gasteiger partial charge in [-0.3, -0.25) is 4.79 Å². The van der Waals surface area contributed by atoms with Crippen LogP contribution in [0, 0.1) is 6.92 Å². The third-order valence-electron chi connectivity index (χ3n) is 5.36. The van der Waals surface area contributed by atoms with Crippen LogP contribution in [0.2, 0.25) is 5.02 Å². The molecule has 0 unspecified atom stereocenters. The Hall–Kier alpha value is -3.24. The van der Waals surface area contributed by atoms with Crippen LogP contribution in [0.4, 0.5) is 0 Å². The van der Waals surface area contributed by atoms with Crippen LogP contribution in [0.1, 0.15) is 28.3 Å². The van der Waals surface area contributed by atoms with E-state index in [1.54, 1.807) is 24.1 Å². The molecule has 1 heterocycles. The van der Waals surface area contributed by atoms with Crippen LogP contribution in [-0.4, -0.2) is 23.0 Å². The van der Waals surface area contributed by atoms with Crippen molar-refractivity contribution in [1.29, 1.82) is 0 Å². The van der Waals surface area contributed by atoms with Crippen molar-refractivity contribution in [3.05, 3.63) is 106 Å². The van der Waals surface area contributed by atoms with Crippen LogP contribution in [0.5, 0.6) is 5.75 Å². The fourth-order valence-corrected chi connectivity index (χ4v) is 3.89. The normalized spacial score (nSPS) is 16.3. The average Bonchev–Trinajstić information content (AvgIpc) is 3.00. The molecule has 0 radical (unpaired) electrons. The predicted molar refractivity (Wildman–Crippen MR) is 118 cm³/mol. The minimum absolute atomic E-state index is 0.215. The molecule has 152 valence electrons. The van der Waals surface area contributed by atoms with Crippen LogP contribution in [0.3, 0.4) is 0 Å². The second-order valence-electron chi connectivity index (χ2n) is 7.36. The summed E-state index contributed by atoms with van der Waals surface area (Å²) in [6, 6.07) is 22.4. The summed E-state index contributed by atoms with van der Waals surface area (Å²) >= 11 is 6.09. The molecule has 0 saturated carbocycles. The lowest BCUT2D eigenvalue weighted by atomic mass is 9.93. The Morgan fingerprint density at radius 2 is 1.60 bits per heavy atom. The van der Waals surface area contributed by atoms with Crippen LogP contribution in [0.15, 0.2) is 78.6 Å². The number of hydrogen-bond donors (Lipinski definition) is 1. The van der Waals surface area contributed by atoms with E-state index in [0.29, 0.717) is 17.1 Å². The number of benzene rings is 3. The van der Waals surface area contributed by atoms with Crippen molar-refractivity contribution < 1.29 is 14.6 Å². The molecule has 30 heavy (non-hydrogen) atoms. The Morgan fingerprint density at radius 1 is 0.967 bits per heavy atom. The molecular formula is C25H22ClNO3. The van der Waals surface area contributed by atoms with Crippen molar-refractivity contribution in [3.8, 4) is 5.75 Å². The average molecular weight is 420 g/mol. The molecule has 4 nitrogen and oxygen atoms in total. The summed E-state index contributed by atoms with van der Waals surface area (Å²) in [5, 5.41) is 11.5. The van der Waals surface area contributed by atoms with Gasteiger partial charge in [-0.1, -0.05) is 65.7 Å². The number of carbonyl (C=O) groups is 1. The maximum absolute atomic E-state index is 13.1. The quantitative estimate of drug-likeness (QED) is 0.576. The first-order chi connectivity index (χ1) is 14.5. The van der Waals surface area contributed by atoms with Crippen molar-refractivity contribution in [2.24, 2.45) is 0 Å². The number of methoxy groups -OCH3 is 1. The van der Waals surface area contributed by atoms with E-state index in [2.05, 4.69) is 0 Å². The van der Waals surface area contributed by atoms with Crippen molar-refractivity contribution in [1.82, 2.24) is 4.90 Å². The Kier molecular flexibility index (Phi) is 5.51. The number of carbonyl (C=O) groups excluding carboxylic acids is 1. The second-order valence-corrected chi connectivity index (χ2v) is 7.80. The van der Waals surface area contributed by atoms with Crippen LogP contribution < -0.4 is 4.74 Å². The first-order valence-electron chi connectivity index (χ1n) is 9.67. The maximum Gasteiger partial charge on any atom is 0.290 e. The number of nitrogens with zero attached hydrogens (tertiary/aromatic N) is 1. The largest absolute Gasteiger partial charge is 0.503 e. The van der Waals surface area contributed by atoms with Gasteiger partial charge in [-0.25, -0.2) is 0 Å². The highest BCUT2D eigenvalue weighted by atomic mass is 35.5. The van der Waals surface area contributed by atoms with E-state index in [0.717, 1.165) is 28.0 Å². The Bertz CT molecular complexity index is 1090. The Labute approximate surface area is 181 Å².